The molecule has 0 aromatic carbocycles. The van der Waals surface area contributed by atoms with Crippen LogP contribution in [0.5, 0.6) is 0 Å². The number of likely N-dealkylation sites (tertiary alicyclic amines) is 1. The molecule has 2 bridgehead atoms. The highest BCUT2D eigenvalue weighted by Gasteiger charge is 2.36. The van der Waals surface area contributed by atoms with Gasteiger partial charge in [-0.3, -0.25) is 9.59 Å². The van der Waals surface area contributed by atoms with Crippen LogP contribution in [-0.4, -0.2) is 33.8 Å². The van der Waals surface area contributed by atoms with Crippen LogP contribution in [0.3, 0.4) is 0 Å². The number of hydrogen-bond acceptors (Lipinski definition) is 3. The number of rotatable bonds is 0. The molecule has 0 aromatic rings. The summed E-state index contributed by atoms with van der Waals surface area (Å²) in [5.74, 6) is 0.422. The molecule has 2 atom stereocenters. The van der Waals surface area contributed by atoms with Gasteiger partial charge in [0.1, 0.15) is 5.78 Å². The van der Waals surface area contributed by atoms with Gasteiger partial charge in [0.2, 0.25) is 5.91 Å². The lowest BCUT2D eigenvalue weighted by atomic mass is 10.1. The molecule has 2 fully saturated rings. The molecule has 0 aromatic heterocycles. The van der Waals surface area contributed by atoms with E-state index in [4.69, 9.17) is 0 Å². The molecule has 2 aliphatic heterocycles. The Balaban J connectivity index is 2.10. The van der Waals surface area contributed by atoms with E-state index in [1.807, 2.05) is 4.90 Å². The van der Waals surface area contributed by atoms with E-state index >= 15 is 0 Å². The summed E-state index contributed by atoms with van der Waals surface area (Å²) in [6, 6.07) is 0. The van der Waals surface area contributed by atoms with Crippen molar-refractivity contribution in [3.05, 3.63) is 0 Å². The Morgan fingerprint density at radius 3 is 3.00 bits per heavy atom. The van der Waals surface area contributed by atoms with Crippen LogP contribution in [0, 0.1) is 0 Å². The van der Waals surface area contributed by atoms with Crippen molar-refractivity contribution in [3.8, 4) is 0 Å². The highest BCUT2D eigenvalue weighted by molar-refractivity contribution is 8.00. The standard InChI is InChI=1S/C9H13NO2S/c1-6(11)10-3-2-8-4-7(12)5-9(10)13-8/h8-9H,2-5H2,1H3. The fourth-order valence-corrected chi connectivity index (χ4v) is 3.64. The van der Waals surface area contributed by atoms with Crippen molar-refractivity contribution in [2.24, 2.45) is 0 Å². The molecule has 13 heavy (non-hydrogen) atoms. The minimum Gasteiger partial charge on any atom is -0.330 e. The first-order valence-corrected chi connectivity index (χ1v) is 5.55. The number of fused-ring (bicyclic) bond motifs is 2. The zero-order valence-corrected chi connectivity index (χ0v) is 8.47. The number of hydrogen-bond donors (Lipinski definition) is 0. The van der Waals surface area contributed by atoms with Gasteiger partial charge in [-0.15, -0.1) is 11.8 Å². The molecule has 2 aliphatic rings. The first-order valence-electron chi connectivity index (χ1n) is 4.61. The summed E-state index contributed by atoms with van der Waals surface area (Å²) in [7, 11) is 0. The van der Waals surface area contributed by atoms with Crippen molar-refractivity contribution >= 4 is 23.5 Å². The molecule has 0 spiro atoms. The van der Waals surface area contributed by atoms with E-state index in [0.29, 0.717) is 23.9 Å². The second-order valence-corrected chi connectivity index (χ2v) is 5.14. The van der Waals surface area contributed by atoms with Gasteiger partial charge in [0, 0.05) is 31.6 Å². The molecule has 0 aliphatic carbocycles. The molecule has 2 rings (SSSR count). The molecule has 72 valence electrons. The zero-order chi connectivity index (χ0) is 9.42. The molecule has 0 saturated carbocycles. The van der Waals surface area contributed by atoms with E-state index in [-0.39, 0.29) is 11.3 Å². The first-order chi connectivity index (χ1) is 6.16. The van der Waals surface area contributed by atoms with Crippen LogP contribution in [0.25, 0.3) is 0 Å². The molecule has 0 radical (unpaired) electrons. The van der Waals surface area contributed by atoms with Crippen LogP contribution in [0.2, 0.25) is 0 Å². The second kappa shape index (κ2) is 3.33. The fraction of sp³-hybridized carbons (Fsp3) is 0.778. The predicted octanol–water partition coefficient (Wildman–Crippen LogP) is 1.03. The van der Waals surface area contributed by atoms with Crippen LogP contribution in [0.1, 0.15) is 26.2 Å². The van der Waals surface area contributed by atoms with Gasteiger partial charge < -0.3 is 4.90 Å². The maximum atomic E-state index is 11.3. The molecular formula is C9H13NO2S. The summed E-state index contributed by atoms with van der Waals surface area (Å²) < 4.78 is 0. The molecule has 4 heteroatoms. The highest BCUT2D eigenvalue weighted by atomic mass is 32.2. The topological polar surface area (TPSA) is 37.4 Å². The molecule has 2 saturated heterocycles. The van der Waals surface area contributed by atoms with Gasteiger partial charge >= 0.3 is 0 Å². The van der Waals surface area contributed by atoms with E-state index in [0.717, 1.165) is 13.0 Å². The number of carbonyl (C=O) groups excluding carboxylic acids is 2. The Bertz CT molecular complexity index is 252. The molecule has 3 nitrogen and oxygen atoms in total. The lowest BCUT2D eigenvalue weighted by Crippen LogP contribution is -2.47. The Morgan fingerprint density at radius 2 is 2.31 bits per heavy atom. The smallest absolute Gasteiger partial charge is 0.220 e. The van der Waals surface area contributed by atoms with Crippen molar-refractivity contribution in [1.82, 2.24) is 4.90 Å². The van der Waals surface area contributed by atoms with Crippen molar-refractivity contribution in [3.63, 3.8) is 0 Å². The maximum Gasteiger partial charge on any atom is 0.220 e. The van der Waals surface area contributed by atoms with Crippen LogP contribution in [0.4, 0.5) is 0 Å². The van der Waals surface area contributed by atoms with E-state index < -0.39 is 0 Å². The first kappa shape index (κ1) is 9.06. The van der Waals surface area contributed by atoms with E-state index in [9.17, 15) is 9.59 Å². The lowest BCUT2D eigenvalue weighted by Gasteiger charge is -2.41. The quantitative estimate of drug-likeness (QED) is 0.584. The molecule has 0 N–H and O–H groups in total. The summed E-state index contributed by atoms with van der Waals surface area (Å²) in [6.07, 6.45) is 2.25. The predicted molar refractivity (Wildman–Crippen MR) is 51.4 cm³/mol. The number of carbonyl (C=O) groups is 2. The van der Waals surface area contributed by atoms with Gasteiger partial charge in [0.15, 0.2) is 0 Å². The minimum absolute atomic E-state index is 0.102. The van der Waals surface area contributed by atoms with Gasteiger partial charge in [-0.1, -0.05) is 0 Å². The van der Waals surface area contributed by atoms with Gasteiger partial charge in [-0.2, -0.15) is 0 Å². The van der Waals surface area contributed by atoms with Crippen molar-refractivity contribution < 1.29 is 9.59 Å². The maximum absolute atomic E-state index is 11.3. The fourth-order valence-electron chi connectivity index (χ4n) is 1.99. The van der Waals surface area contributed by atoms with Gasteiger partial charge in [-0.25, -0.2) is 0 Å². The van der Waals surface area contributed by atoms with E-state index in [1.54, 1.807) is 18.7 Å². The Labute approximate surface area is 81.9 Å². The number of thioether (sulfide) groups is 1. The van der Waals surface area contributed by atoms with Crippen molar-refractivity contribution in [2.75, 3.05) is 6.54 Å². The summed E-state index contributed by atoms with van der Waals surface area (Å²) >= 11 is 1.80. The average Bonchev–Trinajstić information content (AvgIpc) is 2.02. The Morgan fingerprint density at radius 1 is 1.54 bits per heavy atom. The Hall–Kier alpha value is -0.510. The third-order valence-corrected chi connectivity index (χ3v) is 4.17. The summed E-state index contributed by atoms with van der Waals surface area (Å²) in [4.78, 5) is 24.3. The van der Waals surface area contributed by atoms with Crippen LogP contribution in [-0.2, 0) is 9.59 Å². The monoisotopic (exact) mass is 199 g/mol. The van der Waals surface area contributed by atoms with Gasteiger partial charge in [-0.05, 0) is 6.42 Å². The van der Waals surface area contributed by atoms with Crippen LogP contribution in [0.15, 0.2) is 0 Å². The Kier molecular flexibility index (Phi) is 2.32. The highest BCUT2D eigenvalue weighted by Crippen LogP contribution is 2.38. The van der Waals surface area contributed by atoms with Gasteiger partial charge in [0.05, 0.1) is 5.37 Å². The van der Waals surface area contributed by atoms with Crippen LogP contribution >= 0.6 is 11.8 Å². The van der Waals surface area contributed by atoms with E-state index in [2.05, 4.69) is 0 Å². The summed E-state index contributed by atoms with van der Waals surface area (Å²) in [5, 5.41) is 0.611. The van der Waals surface area contributed by atoms with E-state index in [1.165, 1.54) is 0 Å². The van der Waals surface area contributed by atoms with Gasteiger partial charge in [0.25, 0.3) is 0 Å². The number of Topliss-reactive ketones (excluding diaryl/α,β-unsaturated/α-hetero) is 1. The molecular weight excluding hydrogens is 186 g/mol. The second-order valence-electron chi connectivity index (χ2n) is 3.66. The molecule has 1 amide bonds. The number of amides is 1. The summed E-state index contributed by atoms with van der Waals surface area (Å²) in [5.41, 5.74) is 0. The largest absolute Gasteiger partial charge is 0.330 e. The SMILES string of the molecule is CC(=O)N1CCC2CC(=O)CC1S2. The van der Waals surface area contributed by atoms with Crippen molar-refractivity contribution in [2.45, 2.75) is 36.8 Å². The molecule has 2 unspecified atom stereocenters. The summed E-state index contributed by atoms with van der Waals surface area (Å²) in [6.45, 7) is 2.42. The van der Waals surface area contributed by atoms with Crippen molar-refractivity contribution in [1.29, 1.82) is 0 Å². The van der Waals surface area contributed by atoms with Crippen LogP contribution < -0.4 is 0 Å². The number of nitrogens with zero attached hydrogens (tertiary/aromatic N) is 1. The third kappa shape index (κ3) is 1.73. The number of ketones is 1. The average molecular weight is 199 g/mol. The lowest BCUT2D eigenvalue weighted by molar-refractivity contribution is -0.131. The molecule has 2 heterocycles. The minimum atomic E-state index is 0.102. The normalized spacial score (nSPS) is 33.3. The zero-order valence-electron chi connectivity index (χ0n) is 7.66. The third-order valence-electron chi connectivity index (χ3n) is 2.65.